The van der Waals surface area contributed by atoms with Crippen molar-refractivity contribution in [2.75, 3.05) is 0 Å². The molecule has 1 rings (SSSR count). The van der Waals surface area contributed by atoms with Crippen molar-refractivity contribution >= 4 is 22.8 Å². The first-order chi connectivity index (χ1) is 5.29. The van der Waals surface area contributed by atoms with E-state index in [1.54, 1.807) is 0 Å². The number of benzene rings is 1. The Bertz CT molecular complexity index is 234. The summed E-state index contributed by atoms with van der Waals surface area (Å²) in [6, 6.07) is 10.1. The fourth-order valence-electron chi connectivity index (χ4n) is 0.924. The quantitative estimate of drug-likeness (QED) is 0.605. The predicted molar refractivity (Wildman–Crippen MR) is 57.0 cm³/mol. The second-order valence-electron chi connectivity index (χ2n) is 2.51. The summed E-state index contributed by atoms with van der Waals surface area (Å²) in [6.45, 7) is 0. The summed E-state index contributed by atoms with van der Waals surface area (Å²) in [6.07, 6.45) is 1.53. The molecule has 3 N–H and O–H groups in total. The highest BCUT2D eigenvalue weighted by Crippen LogP contribution is 2.01. The minimum Gasteiger partial charge on any atom is -0.388 e. The average molecular weight is 229 g/mol. The number of nitrogens with two attached hydrogens (primary N) is 1. The molecule has 0 saturated carbocycles. The van der Waals surface area contributed by atoms with Crippen LogP contribution in [0.1, 0.15) is 12.0 Å². The van der Waals surface area contributed by atoms with Crippen molar-refractivity contribution in [2.45, 2.75) is 12.8 Å². The van der Waals surface area contributed by atoms with E-state index in [1.807, 2.05) is 30.3 Å². The Morgan fingerprint density at radius 2 is 1.83 bits per heavy atom. The standard InChI is InChI=1S/C9H12N2.BrH/c10-9(11)7-6-8-4-2-1-3-5-8;/h1-5H,6-7H2,(H3,10,11);1H. The van der Waals surface area contributed by atoms with E-state index in [-0.39, 0.29) is 22.8 Å². The van der Waals surface area contributed by atoms with Gasteiger partial charge >= 0.3 is 0 Å². The molecule has 0 atom stereocenters. The summed E-state index contributed by atoms with van der Waals surface area (Å²) in [5.41, 5.74) is 6.46. The topological polar surface area (TPSA) is 49.9 Å². The summed E-state index contributed by atoms with van der Waals surface area (Å²) < 4.78 is 0. The van der Waals surface area contributed by atoms with Crippen molar-refractivity contribution in [3.63, 3.8) is 0 Å². The fraction of sp³-hybridized carbons (Fsp3) is 0.222. The Balaban J connectivity index is 0.00000121. The molecule has 0 fully saturated rings. The molecule has 3 heteroatoms. The molecule has 12 heavy (non-hydrogen) atoms. The van der Waals surface area contributed by atoms with E-state index in [9.17, 15) is 0 Å². The monoisotopic (exact) mass is 228 g/mol. The van der Waals surface area contributed by atoms with Crippen LogP contribution in [-0.4, -0.2) is 5.84 Å². The van der Waals surface area contributed by atoms with Gasteiger partial charge in [-0.1, -0.05) is 30.3 Å². The van der Waals surface area contributed by atoms with Crippen molar-refractivity contribution in [2.24, 2.45) is 5.73 Å². The molecule has 0 bridgehead atoms. The predicted octanol–water partition coefficient (Wildman–Crippen LogP) is 2.13. The largest absolute Gasteiger partial charge is 0.388 e. The maximum Gasteiger partial charge on any atom is 0.0908 e. The van der Waals surface area contributed by atoms with Gasteiger partial charge in [0.25, 0.3) is 0 Å². The number of nitrogens with one attached hydrogen (secondary N) is 1. The Morgan fingerprint density at radius 1 is 1.25 bits per heavy atom. The SMILES string of the molecule is Br.N=C(N)CCc1ccccc1. The zero-order valence-corrected chi connectivity index (χ0v) is 8.50. The highest BCUT2D eigenvalue weighted by molar-refractivity contribution is 8.93. The van der Waals surface area contributed by atoms with Crippen LogP contribution in [0.25, 0.3) is 0 Å². The molecule has 1 aromatic carbocycles. The van der Waals surface area contributed by atoms with Gasteiger partial charge in [-0.25, -0.2) is 0 Å². The fourth-order valence-corrected chi connectivity index (χ4v) is 0.924. The van der Waals surface area contributed by atoms with Crippen LogP contribution in [0.3, 0.4) is 0 Å². The maximum atomic E-state index is 7.02. The first-order valence-electron chi connectivity index (χ1n) is 3.66. The van der Waals surface area contributed by atoms with Crippen LogP contribution in [0.4, 0.5) is 0 Å². The average Bonchev–Trinajstić information content (AvgIpc) is 2.03. The van der Waals surface area contributed by atoms with Crippen molar-refractivity contribution in [1.29, 1.82) is 5.41 Å². The van der Waals surface area contributed by atoms with Gasteiger partial charge in [0, 0.05) is 6.42 Å². The third kappa shape index (κ3) is 4.13. The Kier molecular flexibility index (Phi) is 5.37. The van der Waals surface area contributed by atoms with E-state index in [0.29, 0.717) is 6.42 Å². The van der Waals surface area contributed by atoms with E-state index < -0.39 is 0 Å². The van der Waals surface area contributed by atoms with Gasteiger partial charge in [-0.15, -0.1) is 17.0 Å². The highest BCUT2D eigenvalue weighted by Gasteiger charge is 1.91. The van der Waals surface area contributed by atoms with Crippen molar-refractivity contribution in [1.82, 2.24) is 0 Å². The molecule has 0 aliphatic carbocycles. The van der Waals surface area contributed by atoms with Crippen molar-refractivity contribution in [3.05, 3.63) is 35.9 Å². The van der Waals surface area contributed by atoms with Gasteiger partial charge in [0.2, 0.25) is 0 Å². The van der Waals surface area contributed by atoms with Crippen LogP contribution >= 0.6 is 17.0 Å². The Morgan fingerprint density at radius 3 is 2.33 bits per heavy atom. The molecule has 0 aliphatic rings. The third-order valence-electron chi connectivity index (χ3n) is 1.53. The van der Waals surface area contributed by atoms with E-state index >= 15 is 0 Å². The summed E-state index contributed by atoms with van der Waals surface area (Å²) in [5.74, 6) is 0.258. The van der Waals surface area contributed by atoms with E-state index in [2.05, 4.69) is 0 Å². The van der Waals surface area contributed by atoms with Crippen LogP contribution < -0.4 is 5.73 Å². The van der Waals surface area contributed by atoms with Crippen LogP contribution in [0, 0.1) is 5.41 Å². The van der Waals surface area contributed by atoms with Gasteiger partial charge in [0.1, 0.15) is 0 Å². The van der Waals surface area contributed by atoms with Gasteiger partial charge < -0.3 is 5.73 Å². The molecular weight excluding hydrogens is 216 g/mol. The lowest BCUT2D eigenvalue weighted by molar-refractivity contribution is 1.02. The Hall–Kier alpha value is -0.830. The van der Waals surface area contributed by atoms with E-state index in [1.165, 1.54) is 5.56 Å². The molecule has 0 amide bonds. The number of aryl methyl sites for hydroxylation is 1. The van der Waals surface area contributed by atoms with Gasteiger partial charge in [-0.3, -0.25) is 5.41 Å². The molecule has 0 heterocycles. The molecule has 66 valence electrons. The molecule has 0 spiro atoms. The van der Waals surface area contributed by atoms with Crippen LogP contribution in [0.2, 0.25) is 0 Å². The Labute approximate surface area is 83.1 Å². The van der Waals surface area contributed by atoms with Gasteiger partial charge in [0.15, 0.2) is 0 Å². The van der Waals surface area contributed by atoms with Crippen molar-refractivity contribution < 1.29 is 0 Å². The summed E-state index contributed by atoms with van der Waals surface area (Å²) in [4.78, 5) is 0. The summed E-state index contributed by atoms with van der Waals surface area (Å²) in [5, 5.41) is 7.02. The van der Waals surface area contributed by atoms with Crippen LogP contribution in [0.5, 0.6) is 0 Å². The van der Waals surface area contributed by atoms with Crippen molar-refractivity contribution in [3.8, 4) is 0 Å². The molecule has 0 radical (unpaired) electrons. The number of hydrogen-bond donors (Lipinski definition) is 2. The zero-order valence-electron chi connectivity index (χ0n) is 6.79. The normalized spacial score (nSPS) is 8.67. The lowest BCUT2D eigenvalue weighted by atomic mass is 10.1. The number of hydrogen-bond acceptors (Lipinski definition) is 1. The van der Waals surface area contributed by atoms with E-state index in [4.69, 9.17) is 11.1 Å². The summed E-state index contributed by atoms with van der Waals surface area (Å²) in [7, 11) is 0. The first-order valence-corrected chi connectivity index (χ1v) is 3.66. The van der Waals surface area contributed by atoms with Gasteiger partial charge in [-0.2, -0.15) is 0 Å². The molecule has 1 aromatic rings. The van der Waals surface area contributed by atoms with E-state index in [0.717, 1.165) is 6.42 Å². The lowest BCUT2D eigenvalue weighted by Crippen LogP contribution is -2.09. The molecule has 2 nitrogen and oxygen atoms in total. The van der Waals surface area contributed by atoms with Crippen LogP contribution in [0.15, 0.2) is 30.3 Å². The molecule has 0 aromatic heterocycles. The zero-order chi connectivity index (χ0) is 8.10. The van der Waals surface area contributed by atoms with Gasteiger partial charge in [0.05, 0.1) is 5.84 Å². The number of halogens is 1. The minimum absolute atomic E-state index is 0. The van der Waals surface area contributed by atoms with Crippen LogP contribution in [-0.2, 0) is 6.42 Å². The molecule has 0 unspecified atom stereocenters. The number of rotatable bonds is 3. The maximum absolute atomic E-state index is 7.02. The second kappa shape index (κ2) is 5.77. The third-order valence-corrected chi connectivity index (χ3v) is 1.53. The molecular formula is C9H13BrN2. The smallest absolute Gasteiger partial charge is 0.0908 e. The first kappa shape index (κ1) is 11.2. The molecule has 0 aliphatic heterocycles. The molecule has 0 saturated heterocycles. The number of amidine groups is 1. The highest BCUT2D eigenvalue weighted by atomic mass is 79.9. The lowest BCUT2D eigenvalue weighted by Gasteiger charge is -1.97. The second-order valence-corrected chi connectivity index (χ2v) is 2.51. The minimum atomic E-state index is 0. The summed E-state index contributed by atoms with van der Waals surface area (Å²) >= 11 is 0. The van der Waals surface area contributed by atoms with Gasteiger partial charge in [-0.05, 0) is 12.0 Å².